The molecular formula is C13H18F2N2O2. The van der Waals surface area contributed by atoms with Crippen molar-refractivity contribution >= 4 is 5.91 Å². The van der Waals surface area contributed by atoms with Gasteiger partial charge in [-0.2, -0.15) is 0 Å². The van der Waals surface area contributed by atoms with Gasteiger partial charge in [-0.25, -0.2) is 8.78 Å². The van der Waals surface area contributed by atoms with E-state index in [2.05, 4.69) is 5.32 Å². The molecule has 19 heavy (non-hydrogen) atoms. The van der Waals surface area contributed by atoms with Crippen LogP contribution in [0.4, 0.5) is 8.78 Å². The van der Waals surface area contributed by atoms with Crippen molar-refractivity contribution in [2.45, 2.75) is 13.0 Å². The van der Waals surface area contributed by atoms with Gasteiger partial charge in [-0.05, 0) is 19.1 Å². The van der Waals surface area contributed by atoms with Crippen molar-refractivity contribution in [2.75, 3.05) is 26.7 Å². The molecule has 0 aliphatic carbocycles. The van der Waals surface area contributed by atoms with Gasteiger partial charge < -0.3 is 15.3 Å². The highest BCUT2D eigenvalue weighted by molar-refractivity contribution is 5.77. The number of hydrogen-bond donors (Lipinski definition) is 2. The van der Waals surface area contributed by atoms with Gasteiger partial charge in [-0.15, -0.1) is 0 Å². The van der Waals surface area contributed by atoms with Gasteiger partial charge in [0.05, 0.1) is 18.2 Å². The summed E-state index contributed by atoms with van der Waals surface area (Å²) >= 11 is 0. The number of carbonyl (C=O) groups excluding carboxylic acids is 1. The van der Waals surface area contributed by atoms with Gasteiger partial charge in [0.1, 0.15) is 11.6 Å². The highest BCUT2D eigenvalue weighted by Gasteiger charge is 2.17. The minimum Gasteiger partial charge on any atom is -0.387 e. The van der Waals surface area contributed by atoms with E-state index in [0.717, 1.165) is 12.1 Å². The molecular weight excluding hydrogens is 254 g/mol. The normalized spacial score (nSPS) is 12.3. The highest BCUT2D eigenvalue weighted by Crippen LogP contribution is 2.19. The van der Waals surface area contributed by atoms with Crippen molar-refractivity contribution in [2.24, 2.45) is 0 Å². The first-order valence-corrected chi connectivity index (χ1v) is 6.04. The number of halogens is 2. The number of likely N-dealkylation sites (N-methyl/N-ethyl adjacent to an activating group) is 1. The van der Waals surface area contributed by atoms with E-state index in [4.69, 9.17) is 0 Å². The number of nitrogens with one attached hydrogen (secondary N) is 1. The van der Waals surface area contributed by atoms with Crippen LogP contribution in [0.1, 0.15) is 18.6 Å². The number of rotatable bonds is 6. The summed E-state index contributed by atoms with van der Waals surface area (Å²) in [4.78, 5) is 13.0. The smallest absolute Gasteiger partial charge is 0.236 e. The Morgan fingerprint density at radius 3 is 2.53 bits per heavy atom. The average Bonchev–Trinajstić information content (AvgIpc) is 2.37. The van der Waals surface area contributed by atoms with Crippen molar-refractivity contribution in [1.82, 2.24) is 10.2 Å². The van der Waals surface area contributed by atoms with E-state index in [1.807, 2.05) is 6.92 Å². The van der Waals surface area contributed by atoms with Crippen LogP contribution in [0.25, 0.3) is 0 Å². The van der Waals surface area contributed by atoms with Crippen molar-refractivity contribution in [3.63, 3.8) is 0 Å². The van der Waals surface area contributed by atoms with Crippen LogP contribution in [0, 0.1) is 11.6 Å². The lowest BCUT2D eigenvalue weighted by atomic mass is 10.1. The fraction of sp³-hybridized carbons (Fsp3) is 0.462. The lowest BCUT2D eigenvalue weighted by molar-refractivity contribution is -0.128. The van der Waals surface area contributed by atoms with E-state index in [1.165, 1.54) is 11.0 Å². The maximum absolute atomic E-state index is 13.4. The van der Waals surface area contributed by atoms with Crippen LogP contribution in [-0.2, 0) is 4.79 Å². The van der Waals surface area contributed by atoms with Crippen molar-refractivity contribution < 1.29 is 18.7 Å². The lowest BCUT2D eigenvalue weighted by Crippen LogP contribution is -2.37. The molecule has 6 heteroatoms. The van der Waals surface area contributed by atoms with Crippen LogP contribution in [0.2, 0.25) is 0 Å². The van der Waals surface area contributed by atoms with Crippen LogP contribution in [0.3, 0.4) is 0 Å². The number of hydrogen-bond acceptors (Lipinski definition) is 3. The lowest BCUT2D eigenvalue weighted by Gasteiger charge is -2.17. The molecule has 2 N–H and O–H groups in total. The van der Waals surface area contributed by atoms with Gasteiger partial charge >= 0.3 is 0 Å². The van der Waals surface area contributed by atoms with Crippen LogP contribution in [0.5, 0.6) is 0 Å². The molecule has 0 aromatic heterocycles. The monoisotopic (exact) mass is 272 g/mol. The molecule has 4 nitrogen and oxygen atoms in total. The molecule has 0 fully saturated rings. The molecule has 0 aliphatic rings. The number of benzene rings is 1. The van der Waals surface area contributed by atoms with Crippen molar-refractivity contribution in [1.29, 1.82) is 0 Å². The maximum atomic E-state index is 13.4. The standard InChI is InChI=1S/C13H18F2N2O2/c1-3-17(2)12(19)8-16-7-11(18)13-9(14)5-4-6-10(13)15/h4-6,11,16,18H,3,7-8H2,1-2H3. The zero-order valence-corrected chi connectivity index (χ0v) is 11.0. The molecule has 1 aromatic rings. The Morgan fingerprint density at radius 1 is 1.42 bits per heavy atom. The molecule has 0 saturated carbocycles. The third-order valence-electron chi connectivity index (χ3n) is 2.85. The van der Waals surface area contributed by atoms with Gasteiger partial charge in [0.25, 0.3) is 0 Å². The molecule has 1 atom stereocenters. The quantitative estimate of drug-likeness (QED) is 0.814. The second-order valence-corrected chi connectivity index (χ2v) is 4.19. The molecule has 1 amide bonds. The number of nitrogens with zero attached hydrogens (tertiary/aromatic N) is 1. The van der Waals surface area contributed by atoms with Crippen molar-refractivity contribution in [3.05, 3.63) is 35.4 Å². The summed E-state index contributed by atoms with van der Waals surface area (Å²) in [6, 6.07) is 3.39. The molecule has 1 aromatic carbocycles. The van der Waals surface area contributed by atoms with Gasteiger partial charge in [-0.3, -0.25) is 4.79 Å². The zero-order chi connectivity index (χ0) is 14.4. The molecule has 1 rings (SSSR count). The van der Waals surface area contributed by atoms with E-state index in [0.29, 0.717) is 6.54 Å². The van der Waals surface area contributed by atoms with Crippen LogP contribution < -0.4 is 5.32 Å². The summed E-state index contributed by atoms with van der Waals surface area (Å²) in [5.41, 5.74) is -0.383. The molecule has 0 radical (unpaired) electrons. The average molecular weight is 272 g/mol. The summed E-state index contributed by atoms with van der Waals surface area (Å²) < 4.78 is 26.7. The number of carbonyl (C=O) groups is 1. The van der Waals surface area contributed by atoms with Crippen LogP contribution in [0.15, 0.2) is 18.2 Å². The molecule has 106 valence electrons. The second kappa shape index (κ2) is 7.16. The van der Waals surface area contributed by atoms with Crippen LogP contribution in [-0.4, -0.2) is 42.6 Å². The number of aliphatic hydroxyl groups is 1. The first kappa shape index (κ1) is 15.5. The molecule has 0 aliphatic heterocycles. The van der Waals surface area contributed by atoms with E-state index in [-0.39, 0.29) is 24.6 Å². The number of aliphatic hydroxyl groups excluding tert-OH is 1. The molecule has 0 saturated heterocycles. The van der Waals surface area contributed by atoms with E-state index >= 15 is 0 Å². The largest absolute Gasteiger partial charge is 0.387 e. The first-order valence-electron chi connectivity index (χ1n) is 6.04. The molecule has 0 heterocycles. The zero-order valence-electron chi connectivity index (χ0n) is 11.0. The Morgan fingerprint density at radius 2 is 2.00 bits per heavy atom. The first-order chi connectivity index (χ1) is 8.97. The van der Waals surface area contributed by atoms with Gasteiger partial charge in [-0.1, -0.05) is 6.07 Å². The fourth-order valence-corrected chi connectivity index (χ4v) is 1.56. The van der Waals surface area contributed by atoms with Crippen LogP contribution >= 0.6 is 0 Å². The van der Waals surface area contributed by atoms with Crippen molar-refractivity contribution in [3.8, 4) is 0 Å². The minimum atomic E-state index is -1.33. The Labute approximate surface area is 111 Å². The Kier molecular flexibility index (Phi) is 5.85. The van der Waals surface area contributed by atoms with E-state index in [9.17, 15) is 18.7 Å². The van der Waals surface area contributed by atoms with Gasteiger partial charge in [0.15, 0.2) is 0 Å². The highest BCUT2D eigenvalue weighted by atomic mass is 19.1. The second-order valence-electron chi connectivity index (χ2n) is 4.19. The summed E-state index contributed by atoms with van der Waals surface area (Å²) in [5.74, 6) is -1.75. The third kappa shape index (κ3) is 4.25. The third-order valence-corrected chi connectivity index (χ3v) is 2.85. The van der Waals surface area contributed by atoms with E-state index < -0.39 is 17.7 Å². The molecule has 1 unspecified atom stereocenters. The predicted octanol–water partition coefficient (Wildman–Crippen LogP) is 1.07. The fourth-order valence-electron chi connectivity index (χ4n) is 1.56. The number of amides is 1. The minimum absolute atomic E-state index is 0.0114. The maximum Gasteiger partial charge on any atom is 0.236 e. The van der Waals surface area contributed by atoms with E-state index in [1.54, 1.807) is 7.05 Å². The summed E-state index contributed by atoms with van der Waals surface area (Å²) in [5, 5.41) is 12.4. The topological polar surface area (TPSA) is 52.6 Å². The Bertz CT molecular complexity index is 420. The summed E-state index contributed by atoms with van der Waals surface area (Å²) in [6.07, 6.45) is -1.33. The SMILES string of the molecule is CCN(C)C(=O)CNCC(O)c1c(F)cccc1F. The van der Waals surface area contributed by atoms with Gasteiger partial charge in [0, 0.05) is 20.1 Å². The molecule has 0 bridgehead atoms. The predicted molar refractivity (Wildman–Crippen MR) is 67.5 cm³/mol. The van der Waals surface area contributed by atoms with Gasteiger partial charge in [0.2, 0.25) is 5.91 Å². The molecule has 0 spiro atoms. The Balaban J connectivity index is 2.52. The Hall–Kier alpha value is -1.53. The summed E-state index contributed by atoms with van der Waals surface area (Å²) in [7, 11) is 1.65. The summed E-state index contributed by atoms with van der Waals surface area (Å²) in [6.45, 7) is 2.32.